The molecule has 2 aromatic rings. The predicted molar refractivity (Wildman–Crippen MR) is 88.2 cm³/mol. The Bertz CT molecular complexity index is 665. The van der Waals surface area contributed by atoms with Crippen LogP contribution in [0.5, 0.6) is 0 Å². The number of hydrogen-bond acceptors (Lipinski definition) is 2. The molecule has 1 amide bonds. The molecule has 0 saturated heterocycles. The van der Waals surface area contributed by atoms with Gasteiger partial charge in [0.05, 0.1) is 21.8 Å². The first-order chi connectivity index (χ1) is 9.90. The van der Waals surface area contributed by atoms with Crippen LogP contribution in [0.1, 0.15) is 28.9 Å². The van der Waals surface area contributed by atoms with Gasteiger partial charge in [-0.2, -0.15) is 0 Å². The van der Waals surface area contributed by atoms with E-state index < -0.39 is 0 Å². The second-order valence-corrected chi connectivity index (χ2v) is 5.79. The van der Waals surface area contributed by atoms with Crippen molar-refractivity contribution in [2.45, 2.75) is 13.0 Å². The third kappa shape index (κ3) is 3.62. The maximum Gasteiger partial charge on any atom is 0.251 e. The monoisotopic (exact) mass is 342 g/mol. The van der Waals surface area contributed by atoms with E-state index in [2.05, 4.69) is 5.32 Å². The molecule has 0 aliphatic carbocycles. The zero-order valence-corrected chi connectivity index (χ0v) is 13.4. The van der Waals surface area contributed by atoms with Crippen molar-refractivity contribution in [3.63, 3.8) is 0 Å². The van der Waals surface area contributed by atoms with Gasteiger partial charge in [-0.3, -0.25) is 4.79 Å². The molecule has 0 heterocycles. The van der Waals surface area contributed by atoms with E-state index in [1.54, 1.807) is 6.07 Å². The molecule has 1 atom stereocenters. The van der Waals surface area contributed by atoms with Crippen LogP contribution in [0.3, 0.4) is 0 Å². The van der Waals surface area contributed by atoms with E-state index in [1.807, 2.05) is 25.1 Å². The van der Waals surface area contributed by atoms with Crippen LogP contribution in [0.25, 0.3) is 0 Å². The van der Waals surface area contributed by atoms with Crippen LogP contribution < -0.4 is 11.1 Å². The molecule has 110 valence electrons. The van der Waals surface area contributed by atoms with E-state index in [1.165, 1.54) is 12.1 Å². The number of halogens is 3. The zero-order valence-electron chi connectivity index (χ0n) is 11.2. The Morgan fingerprint density at radius 2 is 1.67 bits per heavy atom. The molecule has 2 aromatic carbocycles. The first kappa shape index (κ1) is 16.0. The Morgan fingerprint density at radius 3 is 2.24 bits per heavy atom. The fraction of sp³-hybridized carbons (Fsp3) is 0.133. The van der Waals surface area contributed by atoms with E-state index in [-0.39, 0.29) is 27.7 Å². The van der Waals surface area contributed by atoms with Gasteiger partial charge in [0, 0.05) is 10.6 Å². The summed E-state index contributed by atoms with van der Waals surface area (Å²) in [6.45, 7) is 1.85. The van der Waals surface area contributed by atoms with E-state index in [4.69, 9.17) is 40.5 Å². The van der Waals surface area contributed by atoms with Gasteiger partial charge >= 0.3 is 0 Å². The molecule has 2 rings (SSSR count). The average Bonchev–Trinajstić information content (AvgIpc) is 2.44. The van der Waals surface area contributed by atoms with Crippen LogP contribution in [0, 0.1) is 0 Å². The Hall–Kier alpha value is -1.42. The second-order valence-electron chi connectivity index (χ2n) is 4.57. The zero-order chi connectivity index (χ0) is 15.6. The molecule has 0 saturated carbocycles. The Kier molecular flexibility index (Phi) is 4.99. The van der Waals surface area contributed by atoms with Crippen LogP contribution in [0.4, 0.5) is 5.69 Å². The molecule has 0 spiro atoms. The van der Waals surface area contributed by atoms with Gasteiger partial charge in [-0.15, -0.1) is 0 Å². The summed E-state index contributed by atoms with van der Waals surface area (Å²) in [5.41, 5.74) is 7.09. The molecule has 0 radical (unpaired) electrons. The molecule has 21 heavy (non-hydrogen) atoms. The molecule has 6 heteroatoms. The Morgan fingerprint density at radius 1 is 1.10 bits per heavy atom. The minimum Gasteiger partial charge on any atom is -0.396 e. The summed E-state index contributed by atoms with van der Waals surface area (Å²) >= 11 is 18.0. The Balaban J connectivity index is 2.20. The highest BCUT2D eigenvalue weighted by Crippen LogP contribution is 2.29. The van der Waals surface area contributed by atoms with Crippen LogP contribution in [0.2, 0.25) is 15.1 Å². The van der Waals surface area contributed by atoms with Gasteiger partial charge in [-0.05, 0) is 30.7 Å². The van der Waals surface area contributed by atoms with Gasteiger partial charge in [-0.25, -0.2) is 0 Å². The number of anilines is 1. The summed E-state index contributed by atoms with van der Waals surface area (Å²) in [7, 11) is 0. The highest BCUT2D eigenvalue weighted by molar-refractivity contribution is 6.39. The summed E-state index contributed by atoms with van der Waals surface area (Å²) in [4.78, 5) is 12.2. The van der Waals surface area contributed by atoms with E-state index in [9.17, 15) is 4.79 Å². The number of benzene rings is 2. The molecule has 0 aliphatic heterocycles. The largest absolute Gasteiger partial charge is 0.396 e. The fourth-order valence-corrected chi connectivity index (χ4v) is 2.69. The maximum atomic E-state index is 12.2. The molecule has 0 aromatic heterocycles. The van der Waals surface area contributed by atoms with Crippen molar-refractivity contribution < 1.29 is 4.79 Å². The first-order valence-electron chi connectivity index (χ1n) is 6.20. The van der Waals surface area contributed by atoms with Crippen molar-refractivity contribution in [3.8, 4) is 0 Å². The molecule has 0 fully saturated rings. The van der Waals surface area contributed by atoms with Crippen LogP contribution in [0.15, 0.2) is 36.4 Å². The molecule has 3 nitrogen and oxygen atoms in total. The molecule has 0 bridgehead atoms. The number of amides is 1. The molecule has 0 aliphatic rings. The topological polar surface area (TPSA) is 55.1 Å². The smallest absolute Gasteiger partial charge is 0.251 e. The Labute approximate surface area is 138 Å². The lowest BCUT2D eigenvalue weighted by Gasteiger charge is -2.16. The van der Waals surface area contributed by atoms with Gasteiger partial charge in [0.1, 0.15) is 0 Å². The van der Waals surface area contributed by atoms with Crippen molar-refractivity contribution >= 4 is 46.4 Å². The summed E-state index contributed by atoms with van der Waals surface area (Å²) < 4.78 is 0. The number of nitrogens with two attached hydrogens (primary N) is 1. The van der Waals surface area contributed by atoms with Crippen LogP contribution in [-0.4, -0.2) is 5.91 Å². The number of nitrogens with one attached hydrogen (secondary N) is 1. The highest BCUT2D eigenvalue weighted by Gasteiger charge is 2.15. The minimum absolute atomic E-state index is 0.248. The number of nitrogen functional groups attached to an aromatic ring is 1. The first-order valence-corrected chi connectivity index (χ1v) is 7.33. The van der Waals surface area contributed by atoms with Crippen LogP contribution in [-0.2, 0) is 0 Å². The van der Waals surface area contributed by atoms with Crippen molar-refractivity contribution in [1.29, 1.82) is 0 Å². The lowest BCUT2D eigenvalue weighted by molar-refractivity contribution is 0.0940. The lowest BCUT2D eigenvalue weighted by Crippen LogP contribution is -2.26. The van der Waals surface area contributed by atoms with E-state index in [0.717, 1.165) is 5.56 Å². The van der Waals surface area contributed by atoms with Crippen molar-refractivity contribution in [2.24, 2.45) is 0 Å². The molecule has 3 N–H and O–H groups in total. The lowest BCUT2D eigenvalue weighted by atomic mass is 10.1. The SMILES string of the molecule is C[C@H](NC(=O)c1cc(Cl)c(N)c(Cl)c1)c1ccccc1Cl. The molecular weight excluding hydrogens is 331 g/mol. The second kappa shape index (κ2) is 6.56. The van der Waals surface area contributed by atoms with Crippen molar-refractivity contribution in [2.75, 3.05) is 5.73 Å². The number of rotatable bonds is 3. The van der Waals surface area contributed by atoms with Gasteiger partial charge in [0.25, 0.3) is 5.91 Å². The van der Waals surface area contributed by atoms with Gasteiger partial charge in [0.2, 0.25) is 0 Å². The number of carbonyl (C=O) groups excluding carboxylic acids is 1. The predicted octanol–water partition coefficient (Wildman–Crippen LogP) is 4.72. The number of carbonyl (C=O) groups is 1. The quantitative estimate of drug-likeness (QED) is 0.792. The van der Waals surface area contributed by atoms with Crippen LogP contribution >= 0.6 is 34.8 Å². The van der Waals surface area contributed by atoms with Gasteiger partial charge < -0.3 is 11.1 Å². The fourth-order valence-electron chi connectivity index (χ4n) is 1.90. The summed E-state index contributed by atoms with van der Waals surface area (Å²) in [6.07, 6.45) is 0. The van der Waals surface area contributed by atoms with Crippen molar-refractivity contribution in [1.82, 2.24) is 5.32 Å². The van der Waals surface area contributed by atoms with Crippen molar-refractivity contribution in [3.05, 3.63) is 62.6 Å². The molecular formula is C15H13Cl3N2O. The summed E-state index contributed by atoms with van der Waals surface area (Å²) in [6, 6.07) is 10.0. The average molecular weight is 344 g/mol. The third-order valence-corrected chi connectivity index (χ3v) is 4.03. The molecule has 0 unspecified atom stereocenters. The third-order valence-electron chi connectivity index (χ3n) is 3.06. The summed E-state index contributed by atoms with van der Waals surface area (Å²) in [5, 5.41) is 3.94. The maximum absolute atomic E-state index is 12.2. The highest BCUT2D eigenvalue weighted by atomic mass is 35.5. The van der Waals surface area contributed by atoms with E-state index >= 15 is 0 Å². The number of hydrogen-bond donors (Lipinski definition) is 2. The van der Waals surface area contributed by atoms with Gasteiger partial charge in [0.15, 0.2) is 0 Å². The van der Waals surface area contributed by atoms with Gasteiger partial charge in [-0.1, -0.05) is 53.0 Å². The minimum atomic E-state index is -0.300. The summed E-state index contributed by atoms with van der Waals surface area (Å²) in [5.74, 6) is -0.300. The van der Waals surface area contributed by atoms with E-state index in [0.29, 0.717) is 10.6 Å². The normalized spacial score (nSPS) is 12.0. The standard InChI is InChI=1S/C15H13Cl3N2O/c1-8(10-4-2-3-5-11(10)16)20-15(21)9-6-12(17)14(19)13(18)7-9/h2-8H,19H2,1H3,(H,20,21)/t8-/m0/s1.